The van der Waals surface area contributed by atoms with Crippen molar-refractivity contribution in [3.05, 3.63) is 34.1 Å². The minimum absolute atomic E-state index is 0.298. The molecule has 0 saturated heterocycles. The molecule has 0 bridgehead atoms. The van der Waals surface area contributed by atoms with Crippen molar-refractivity contribution in [2.45, 2.75) is 25.9 Å². The minimum Gasteiger partial charge on any atom is -0.311 e. The first-order valence-electron chi connectivity index (χ1n) is 5.73. The summed E-state index contributed by atoms with van der Waals surface area (Å²) in [7, 11) is -3.25. The van der Waals surface area contributed by atoms with Gasteiger partial charge in [-0.3, -0.25) is 0 Å². The predicted molar refractivity (Wildman–Crippen MR) is 77.9 cm³/mol. The van der Waals surface area contributed by atoms with Gasteiger partial charge in [0.1, 0.15) is 5.82 Å². The van der Waals surface area contributed by atoms with E-state index in [-0.39, 0.29) is 5.82 Å². The fourth-order valence-corrected chi connectivity index (χ4v) is 3.19. The van der Waals surface area contributed by atoms with Crippen LogP contribution in [0.1, 0.15) is 19.4 Å². The Morgan fingerprint density at radius 3 is 2.58 bits per heavy atom. The van der Waals surface area contributed by atoms with Crippen molar-refractivity contribution in [1.29, 1.82) is 0 Å². The molecule has 0 spiro atoms. The normalized spacial score (nSPS) is 12.7. The molecule has 0 aliphatic heterocycles. The molecule has 4 nitrogen and oxygen atoms in total. The van der Waals surface area contributed by atoms with Gasteiger partial charge in [-0.15, -0.1) is 0 Å². The molecule has 108 valence electrons. The van der Waals surface area contributed by atoms with Crippen molar-refractivity contribution in [2.24, 2.45) is 0 Å². The molecule has 0 saturated carbocycles. The highest BCUT2D eigenvalue weighted by molar-refractivity contribution is 9.10. The van der Waals surface area contributed by atoms with Gasteiger partial charge in [0.25, 0.3) is 0 Å². The van der Waals surface area contributed by atoms with Gasteiger partial charge in [-0.2, -0.15) is 0 Å². The monoisotopic (exact) mass is 352 g/mol. The van der Waals surface area contributed by atoms with Crippen LogP contribution in [0.15, 0.2) is 22.7 Å². The third-order valence-electron chi connectivity index (χ3n) is 2.35. The van der Waals surface area contributed by atoms with Gasteiger partial charge in [0.15, 0.2) is 0 Å². The summed E-state index contributed by atoms with van der Waals surface area (Å²) in [4.78, 5) is 0. The minimum atomic E-state index is -3.25. The lowest BCUT2D eigenvalue weighted by Gasteiger charge is -2.25. The molecular weight excluding hydrogens is 335 g/mol. The Morgan fingerprint density at radius 1 is 1.37 bits per heavy atom. The van der Waals surface area contributed by atoms with Crippen LogP contribution in [-0.2, 0) is 16.6 Å². The largest absolute Gasteiger partial charge is 0.311 e. The van der Waals surface area contributed by atoms with E-state index < -0.39 is 15.6 Å². The summed E-state index contributed by atoms with van der Waals surface area (Å²) >= 11 is 3.34. The summed E-state index contributed by atoms with van der Waals surface area (Å²) in [6, 6.07) is 4.46. The van der Waals surface area contributed by atoms with Crippen LogP contribution in [0.5, 0.6) is 0 Å². The number of benzene rings is 1. The third kappa shape index (κ3) is 6.47. The standard InChI is InChI=1S/C12H18BrFN2O2S/c1-12(2,16-19(3,17)18)8-15-7-9-6-10(14)4-5-11(9)13/h4-6,15-16H,7-8H2,1-3H3. The van der Waals surface area contributed by atoms with Crippen molar-refractivity contribution in [3.63, 3.8) is 0 Å². The van der Waals surface area contributed by atoms with Crippen LogP contribution in [0, 0.1) is 5.82 Å². The zero-order valence-electron chi connectivity index (χ0n) is 11.1. The van der Waals surface area contributed by atoms with E-state index in [1.807, 2.05) is 0 Å². The summed E-state index contributed by atoms with van der Waals surface area (Å²) in [5, 5.41) is 3.11. The average Bonchev–Trinajstić information content (AvgIpc) is 2.19. The SMILES string of the molecule is CC(C)(CNCc1cc(F)ccc1Br)NS(C)(=O)=O. The maximum absolute atomic E-state index is 13.1. The highest BCUT2D eigenvalue weighted by Crippen LogP contribution is 2.17. The molecule has 0 aliphatic carbocycles. The zero-order valence-corrected chi connectivity index (χ0v) is 13.5. The molecule has 0 fully saturated rings. The summed E-state index contributed by atoms with van der Waals surface area (Å²) in [5.74, 6) is -0.298. The van der Waals surface area contributed by atoms with E-state index in [0.29, 0.717) is 13.1 Å². The molecule has 0 radical (unpaired) electrons. The molecule has 19 heavy (non-hydrogen) atoms. The molecule has 0 atom stereocenters. The number of hydrogen-bond donors (Lipinski definition) is 2. The fourth-order valence-electron chi connectivity index (χ4n) is 1.73. The van der Waals surface area contributed by atoms with E-state index in [9.17, 15) is 12.8 Å². The number of hydrogen-bond acceptors (Lipinski definition) is 3. The molecule has 0 heterocycles. The predicted octanol–water partition coefficient (Wildman–Crippen LogP) is 2.01. The molecular formula is C12H18BrFN2O2S. The highest BCUT2D eigenvalue weighted by Gasteiger charge is 2.21. The summed E-state index contributed by atoms with van der Waals surface area (Å²) in [6.07, 6.45) is 1.12. The van der Waals surface area contributed by atoms with Gasteiger partial charge in [0, 0.05) is 23.1 Å². The quantitative estimate of drug-likeness (QED) is 0.823. The lowest BCUT2D eigenvalue weighted by atomic mass is 10.1. The molecule has 2 N–H and O–H groups in total. The van der Waals surface area contributed by atoms with Crippen molar-refractivity contribution in [3.8, 4) is 0 Å². The maximum atomic E-state index is 13.1. The Morgan fingerprint density at radius 2 is 2.00 bits per heavy atom. The van der Waals surface area contributed by atoms with Crippen LogP contribution in [0.4, 0.5) is 4.39 Å². The van der Waals surface area contributed by atoms with Crippen molar-refractivity contribution in [1.82, 2.24) is 10.0 Å². The Balaban J connectivity index is 2.56. The summed E-state index contributed by atoms with van der Waals surface area (Å²) in [5.41, 5.74) is 0.183. The summed E-state index contributed by atoms with van der Waals surface area (Å²) in [6.45, 7) is 4.44. The lowest BCUT2D eigenvalue weighted by molar-refractivity contribution is 0.420. The van der Waals surface area contributed by atoms with Crippen LogP contribution >= 0.6 is 15.9 Å². The number of nitrogens with one attached hydrogen (secondary N) is 2. The Bertz CT molecular complexity index is 547. The van der Waals surface area contributed by atoms with Gasteiger partial charge in [-0.25, -0.2) is 17.5 Å². The molecule has 7 heteroatoms. The highest BCUT2D eigenvalue weighted by atomic mass is 79.9. The van der Waals surface area contributed by atoms with Crippen LogP contribution in [0.2, 0.25) is 0 Å². The molecule has 0 unspecified atom stereocenters. The van der Waals surface area contributed by atoms with Gasteiger partial charge >= 0.3 is 0 Å². The second-order valence-electron chi connectivity index (χ2n) is 5.10. The van der Waals surface area contributed by atoms with E-state index in [0.717, 1.165) is 16.3 Å². The molecule has 1 aromatic rings. The van der Waals surface area contributed by atoms with Gasteiger partial charge in [0.05, 0.1) is 6.26 Å². The van der Waals surface area contributed by atoms with Gasteiger partial charge < -0.3 is 5.32 Å². The van der Waals surface area contributed by atoms with E-state index in [2.05, 4.69) is 26.0 Å². The van der Waals surface area contributed by atoms with E-state index in [4.69, 9.17) is 0 Å². The number of rotatable bonds is 6. The smallest absolute Gasteiger partial charge is 0.209 e. The van der Waals surface area contributed by atoms with Gasteiger partial charge in [-0.05, 0) is 37.6 Å². The Hall–Kier alpha value is -0.500. The first kappa shape index (κ1) is 16.6. The third-order valence-corrected chi connectivity index (χ3v) is 4.05. The van der Waals surface area contributed by atoms with Gasteiger partial charge in [0.2, 0.25) is 10.0 Å². The van der Waals surface area contributed by atoms with Crippen molar-refractivity contribution >= 4 is 26.0 Å². The maximum Gasteiger partial charge on any atom is 0.209 e. The Kier molecular flexibility index (Phi) is 5.49. The molecule has 0 amide bonds. The Labute approximate surface area is 122 Å². The zero-order chi connectivity index (χ0) is 14.7. The lowest BCUT2D eigenvalue weighted by Crippen LogP contribution is -2.49. The van der Waals surface area contributed by atoms with Crippen molar-refractivity contribution < 1.29 is 12.8 Å². The fraction of sp³-hybridized carbons (Fsp3) is 0.500. The number of halogens is 2. The first-order valence-corrected chi connectivity index (χ1v) is 8.41. The van der Waals surface area contributed by atoms with Crippen LogP contribution in [-0.4, -0.2) is 26.8 Å². The molecule has 0 aromatic heterocycles. The summed E-state index contributed by atoms with van der Waals surface area (Å²) < 4.78 is 38.8. The van der Waals surface area contributed by atoms with E-state index in [1.54, 1.807) is 19.9 Å². The molecule has 1 aromatic carbocycles. The van der Waals surface area contributed by atoms with Crippen LogP contribution in [0.25, 0.3) is 0 Å². The van der Waals surface area contributed by atoms with Crippen molar-refractivity contribution in [2.75, 3.05) is 12.8 Å². The van der Waals surface area contributed by atoms with E-state index >= 15 is 0 Å². The average molecular weight is 353 g/mol. The van der Waals surface area contributed by atoms with Crippen LogP contribution < -0.4 is 10.0 Å². The second-order valence-corrected chi connectivity index (χ2v) is 7.70. The van der Waals surface area contributed by atoms with Crippen LogP contribution in [0.3, 0.4) is 0 Å². The van der Waals surface area contributed by atoms with Gasteiger partial charge in [-0.1, -0.05) is 15.9 Å². The van der Waals surface area contributed by atoms with E-state index in [1.165, 1.54) is 12.1 Å². The first-order chi connectivity index (χ1) is 8.59. The molecule has 0 aliphatic rings. The number of sulfonamides is 1. The molecule has 1 rings (SSSR count). The topological polar surface area (TPSA) is 58.2 Å². The second kappa shape index (κ2) is 6.30.